The fourth-order valence-electron chi connectivity index (χ4n) is 2.73. The predicted molar refractivity (Wildman–Crippen MR) is 105 cm³/mol. The summed E-state index contributed by atoms with van der Waals surface area (Å²) in [5.74, 6) is 1.72. The van der Waals surface area contributed by atoms with E-state index in [0.29, 0.717) is 25.9 Å². The van der Waals surface area contributed by atoms with Crippen LogP contribution in [-0.4, -0.2) is 58.1 Å². The third kappa shape index (κ3) is 8.54. The molecule has 2 rings (SSSR count). The molecular weight excluding hydrogens is 330 g/mol. The van der Waals surface area contributed by atoms with Gasteiger partial charge in [0.05, 0.1) is 19.3 Å². The number of hydrogen-bond donors (Lipinski definition) is 2. The van der Waals surface area contributed by atoms with E-state index in [2.05, 4.69) is 35.5 Å². The van der Waals surface area contributed by atoms with E-state index < -0.39 is 0 Å². The molecule has 1 saturated heterocycles. The van der Waals surface area contributed by atoms with E-state index in [1.54, 1.807) is 0 Å². The summed E-state index contributed by atoms with van der Waals surface area (Å²) in [6.45, 7) is 9.30. The summed E-state index contributed by atoms with van der Waals surface area (Å²) in [6, 6.07) is 8.08. The Kier molecular flexibility index (Phi) is 9.90. The van der Waals surface area contributed by atoms with E-state index in [0.717, 1.165) is 57.3 Å². The Bertz CT molecular complexity index is 531. The van der Waals surface area contributed by atoms with Crippen LogP contribution in [0.5, 0.6) is 5.75 Å². The van der Waals surface area contributed by atoms with Gasteiger partial charge in [-0.1, -0.05) is 12.1 Å². The molecule has 1 heterocycles. The van der Waals surface area contributed by atoms with Gasteiger partial charge >= 0.3 is 0 Å². The first kappa shape index (κ1) is 20.5. The topological polar surface area (TPSA) is 64.1 Å². The van der Waals surface area contributed by atoms with Crippen LogP contribution in [0.15, 0.2) is 29.3 Å². The molecule has 1 aliphatic heterocycles. The first-order chi connectivity index (χ1) is 12.8. The van der Waals surface area contributed by atoms with Crippen molar-refractivity contribution in [2.24, 2.45) is 4.99 Å². The molecule has 6 heteroatoms. The standard InChI is InChI=1S/C20H33N3O3/c1-3-21-20(22-10-6-12-24-16-19-9-5-13-25-19)23-11-14-26-18-8-4-7-17(2)15-18/h4,7-8,15,19H,3,5-6,9-14,16H2,1-2H3,(H2,21,22,23). The van der Waals surface area contributed by atoms with Crippen LogP contribution in [0.4, 0.5) is 0 Å². The lowest BCUT2D eigenvalue weighted by atomic mass is 10.2. The average Bonchev–Trinajstić information content (AvgIpc) is 3.15. The third-order valence-corrected chi connectivity index (χ3v) is 4.04. The highest BCUT2D eigenvalue weighted by Gasteiger charge is 2.14. The van der Waals surface area contributed by atoms with Crippen LogP contribution in [0, 0.1) is 6.92 Å². The molecule has 2 N–H and O–H groups in total. The van der Waals surface area contributed by atoms with Crippen molar-refractivity contribution >= 4 is 5.96 Å². The van der Waals surface area contributed by atoms with Crippen molar-refractivity contribution in [1.29, 1.82) is 0 Å². The molecule has 1 aromatic rings. The number of benzene rings is 1. The highest BCUT2D eigenvalue weighted by atomic mass is 16.5. The summed E-state index contributed by atoms with van der Waals surface area (Å²) < 4.78 is 16.9. The van der Waals surface area contributed by atoms with Gasteiger partial charge in [-0.3, -0.25) is 4.99 Å². The maximum Gasteiger partial charge on any atom is 0.191 e. The molecule has 1 unspecified atom stereocenters. The van der Waals surface area contributed by atoms with Crippen molar-refractivity contribution < 1.29 is 14.2 Å². The summed E-state index contributed by atoms with van der Waals surface area (Å²) in [5, 5.41) is 6.54. The first-order valence-electron chi connectivity index (χ1n) is 9.69. The zero-order chi connectivity index (χ0) is 18.5. The lowest BCUT2D eigenvalue weighted by molar-refractivity contribution is 0.0171. The third-order valence-electron chi connectivity index (χ3n) is 4.04. The number of nitrogens with one attached hydrogen (secondary N) is 2. The fraction of sp³-hybridized carbons (Fsp3) is 0.650. The van der Waals surface area contributed by atoms with E-state index >= 15 is 0 Å². The first-order valence-corrected chi connectivity index (χ1v) is 9.69. The highest BCUT2D eigenvalue weighted by Crippen LogP contribution is 2.12. The Morgan fingerprint density at radius 2 is 2.23 bits per heavy atom. The lowest BCUT2D eigenvalue weighted by Crippen LogP contribution is -2.39. The Morgan fingerprint density at radius 3 is 3.00 bits per heavy atom. The second-order valence-electron chi connectivity index (χ2n) is 6.42. The van der Waals surface area contributed by atoms with Crippen molar-refractivity contribution in [1.82, 2.24) is 10.6 Å². The molecular formula is C20H33N3O3. The summed E-state index contributed by atoms with van der Waals surface area (Å²) in [6.07, 6.45) is 3.48. The lowest BCUT2D eigenvalue weighted by Gasteiger charge is -2.12. The summed E-state index contributed by atoms with van der Waals surface area (Å²) in [7, 11) is 0. The number of aryl methyl sites for hydroxylation is 1. The van der Waals surface area contributed by atoms with Crippen LogP contribution < -0.4 is 15.4 Å². The normalized spacial score (nSPS) is 17.3. The van der Waals surface area contributed by atoms with Gasteiger partial charge in [-0.25, -0.2) is 0 Å². The maximum absolute atomic E-state index is 5.74. The minimum absolute atomic E-state index is 0.297. The fourth-order valence-corrected chi connectivity index (χ4v) is 2.73. The van der Waals surface area contributed by atoms with E-state index in [1.807, 2.05) is 18.2 Å². The van der Waals surface area contributed by atoms with Crippen LogP contribution in [0.25, 0.3) is 0 Å². The molecule has 0 bridgehead atoms. The largest absolute Gasteiger partial charge is 0.492 e. The van der Waals surface area contributed by atoms with Crippen LogP contribution >= 0.6 is 0 Å². The van der Waals surface area contributed by atoms with Crippen molar-refractivity contribution in [2.75, 3.05) is 46.1 Å². The van der Waals surface area contributed by atoms with Gasteiger partial charge in [-0.15, -0.1) is 0 Å². The van der Waals surface area contributed by atoms with Gasteiger partial charge in [-0.2, -0.15) is 0 Å². The summed E-state index contributed by atoms with van der Waals surface area (Å²) >= 11 is 0. The molecule has 1 aliphatic rings. The van der Waals surface area contributed by atoms with Gasteiger partial charge < -0.3 is 24.8 Å². The molecule has 146 valence electrons. The van der Waals surface area contributed by atoms with Gasteiger partial charge in [0.2, 0.25) is 0 Å². The molecule has 0 radical (unpaired) electrons. The molecule has 0 saturated carbocycles. The Labute approximate surface area is 157 Å². The van der Waals surface area contributed by atoms with Crippen LogP contribution in [-0.2, 0) is 9.47 Å². The van der Waals surface area contributed by atoms with E-state index in [4.69, 9.17) is 14.2 Å². The quantitative estimate of drug-likeness (QED) is 0.359. The minimum atomic E-state index is 0.297. The van der Waals surface area contributed by atoms with Gasteiger partial charge in [-0.05, 0) is 50.8 Å². The van der Waals surface area contributed by atoms with Crippen molar-refractivity contribution in [3.8, 4) is 5.75 Å². The molecule has 0 aromatic heterocycles. The van der Waals surface area contributed by atoms with Gasteiger partial charge in [0.15, 0.2) is 5.96 Å². The predicted octanol–water partition coefficient (Wildman–Crippen LogP) is 2.51. The number of guanidine groups is 1. The van der Waals surface area contributed by atoms with Gasteiger partial charge in [0, 0.05) is 26.3 Å². The zero-order valence-electron chi connectivity index (χ0n) is 16.1. The van der Waals surface area contributed by atoms with E-state index in [-0.39, 0.29) is 0 Å². The second kappa shape index (κ2) is 12.5. The van der Waals surface area contributed by atoms with Crippen LogP contribution in [0.1, 0.15) is 31.7 Å². The number of aliphatic imine (C=N–C) groups is 1. The van der Waals surface area contributed by atoms with E-state index in [9.17, 15) is 0 Å². The van der Waals surface area contributed by atoms with Crippen LogP contribution in [0.3, 0.4) is 0 Å². The maximum atomic E-state index is 5.74. The van der Waals surface area contributed by atoms with Crippen molar-refractivity contribution in [2.45, 2.75) is 39.2 Å². The second-order valence-corrected chi connectivity index (χ2v) is 6.42. The molecule has 0 amide bonds. The molecule has 1 fully saturated rings. The molecule has 1 aromatic carbocycles. The van der Waals surface area contributed by atoms with Gasteiger partial charge in [0.25, 0.3) is 0 Å². The Morgan fingerprint density at radius 1 is 1.31 bits per heavy atom. The smallest absolute Gasteiger partial charge is 0.191 e. The number of rotatable bonds is 11. The number of hydrogen-bond acceptors (Lipinski definition) is 4. The number of nitrogens with zero attached hydrogens (tertiary/aromatic N) is 1. The molecule has 26 heavy (non-hydrogen) atoms. The average molecular weight is 364 g/mol. The summed E-state index contributed by atoms with van der Waals surface area (Å²) in [4.78, 5) is 4.57. The Hall–Kier alpha value is -1.79. The SMILES string of the molecule is CCNC(=NCCCOCC1CCCO1)NCCOc1cccc(C)c1. The minimum Gasteiger partial charge on any atom is -0.492 e. The Balaban J connectivity index is 1.56. The molecule has 0 spiro atoms. The van der Waals surface area contributed by atoms with Crippen molar-refractivity contribution in [3.63, 3.8) is 0 Å². The molecule has 0 aliphatic carbocycles. The summed E-state index contributed by atoms with van der Waals surface area (Å²) in [5.41, 5.74) is 1.20. The zero-order valence-corrected chi connectivity index (χ0v) is 16.1. The molecule has 6 nitrogen and oxygen atoms in total. The monoisotopic (exact) mass is 363 g/mol. The molecule has 1 atom stereocenters. The van der Waals surface area contributed by atoms with Gasteiger partial charge in [0.1, 0.15) is 12.4 Å². The highest BCUT2D eigenvalue weighted by molar-refractivity contribution is 5.79. The van der Waals surface area contributed by atoms with Crippen molar-refractivity contribution in [3.05, 3.63) is 29.8 Å². The van der Waals surface area contributed by atoms with E-state index in [1.165, 1.54) is 5.56 Å². The number of ether oxygens (including phenoxy) is 3. The van der Waals surface area contributed by atoms with Crippen LogP contribution in [0.2, 0.25) is 0 Å².